The standard InChI is InChI=1S/C36H40F4N6/c1-21-14-24(30-41-10-12-44(30)19-21)34(6,7)17-27-22(2)15-25(32-43-29(20-46(27)32)36(38,39)40)35(8,9)18-28-26(37)16-23(33(3,4)5)31-42-11-13-45(28)31/h10-16,19-20H,17-18H2,1-9H3. The van der Waals surface area contributed by atoms with Crippen LogP contribution in [0.3, 0.4) is 0 Å². The summed E-state index contributed by atoms with van der Waals surface area (Å²) in [6.45, 7) is 18.0. The third kappa shape index (κ3) is 5.35. The van der Waals surface area contributed by atoms with Crippen molar-refractivity contribution in [1.82, 2.24) is 28.2 Å². The van der Waals surface area contributed by atoms with Gasteiger partial charge in [0.1, 0.15) is 22.8 Å². The zero-order valence-corrected chi connectivity index (χ0v) is 27.8. The second-order valence-corrected chi connectivity index (χ2v) is 14.9. The van der Waals surface area contributed by atoms with Crippen molar-refractivity contribution in [3.63, 3.8) is 0 Å². The van der Waals surface area contributed by atoms with Crippen molar-refractivity contribution in [3.05, 3.63) is 106 Å². The van der Waals surface area contributed by atoms with Gasteiger partial charge in [0, 0.05) is 66.0 Å². The molecule has 6 rings (SSSR count). The van der Waals surface area contributed by atoms with E-state index in [4.69, 9.17) is 0 Å². The van der Waals surface area contributed by atoms with Gasteiger partial charge in [-0.25, -0.2) is 19.3 Å². The van der Waals surface area contributed by atoms with E-state index in [-0.39, 0.29) is 23.3 Å². The first kappa shape index (κ1) is 31.8. The molecule has 0 aliphatic heterocycles. The second kappa shape index (κ2) is 10.4. The molecule has 0 aliphatic rings. The Labute approximate surface area is 266 Å². The molecular formula is C36H40F4N6. The van der Waals surface area contributed by atoms with E-state index in [9.17, 15) is 13.2 Å². The molecule has 0 fully saturated rings. The lowest BCUT2D eigenvalue weighted by atomic mass is 9.77. The molecule has 0 aromatic carbocycles. The van der Waals surface area contributed by atoms with Gasteiger partial charge in [0.25, 0.3) is 0 Å². The summed E-state index contributed by atoms with van der Waals surface area (Å²) in [6, 6.07) is 5.57. The van der Waals surface area contributed by atoms with Gasteiger partial charge in [0.2, 0.25) is 0 Å². The van der Waals surface area contributed by atoms with Crippen LogP contribution in [-0.2, 0) is 35.3 Å². The summed E-state index contributed by atoms with van der Waals surface area (Å²) >= 11 is 0. The molecule has 0 saturated carbocycles. The molecule has 0 radical (unpaired) electrons. The summed E-state index contributed by atoms with van der Waals surface area (Å²) in [4.78, 5) is 13.3. The number of imidazole rings is 3. The first-order valence-corrected chi connectivity index (χ1v) is 15.5. The normalized spacial score (nSPS) is 13.5. The van der Waals surface area contributed by atoms with E-state index in [1.165, 1.54) is 0 Å². The van der Waals surface area contributed by atoms with E-state index in [0.29, 0.717) is 23.3 Å². The molecule has 0 aliphatic carbocycles. The molecule has 6 nitrogen and oxygen atoms in total. The number of hydrogen-bond donors (Lipinski definition) is 0. The molecule has 242 valence electrons. The summed E-state index contributed by atoms with van der Waals surface area (Å²) < 4.78 is 63.8. The van der Waals surface area contributed by atoms with Gasteiger partial charge in [0.15, 0.2) is 5.69 Å². The van der Waals surface area contributed by atoms with Crippen molar-refractivity contribution in [2.24, 2.45) is 0 Å². The molecule has 0 amide bonds. The van der Waals surface area contributed by atoms with Crippen LogP contribution in [0.4, 0.5) is 17.6 Å². The number of hydrogen-bond acceptors (Lipinski definition) is 3. The number of alkyl halides is 3. The topological polar surface area (TPSA) is 51.9 Å². The van der Waals surface area contributed by atoms with Crippen molar-refractivity contribution in [2.75, 3.05) is 0 Å². The maximum Gasteiger partial charge on any atom is 0.434 e. The van der Waals surface area contributed by atoms with Gasteiger partial charge in [-0.2, -0.15) is 13.2 Å². The molecule has 0 unspecified atom stereocenters. The second-order valence-electron chi connectivity index (χ2n) is 14.9. The van der Waals surface area contributed by atoms with Gasteiger partial charge in [0.05, 0.1) is 5.69 Å². The van der Waals surface area contributed by atoms with Crippen LogP contribution in [0.1, 0.15) is 93.4 Å². The van der Waals surface area contributed by atoms with Crippen molar-refractivity contribution in [3.8, 4) is 0 Å². The Bertz CT molecular complexity index is 2120. The first-order chi connectivity index (χ1) is 21.3. The fourth-order valence-corrected chi connectivity index (χ4v) is 6.72. The average Bonchev–Trinajstić information content (AvgIpc) is 3.69. The molecule has 46 heavy (non-hydrogen) atoms. The fraction of sp³-hybridized carbons (Fsp3) is 0.417. The highest BCUT2D eigenvalue weighted by molar-refractivity contribution is 5.59. The lowest BCUT2D eigenvalue weighted by Gasteiger charge is -2.31. The van der Waals surface area contributed by atoms with Crippen molar-refractivity contribution < 1.29 is 17.6 Å². The van der Waals surface area contributed by atoms with Crippen LogP contribution in [0.15, 0.2) is 55.4 Å². The van der Waals surface area contributed by atoms with E-state index >= 15 is 4.39 Å². The predicted molar refractivity (Wildman–Crippen MR) is 172 cm³/mol. The van der Waals surface area contributed by atoms with E-state index in [1.807, 2.05) is 71.3 Å². The number of halogens is 4. The van der Waals surface area contributed by atoms with Crippen LogP contribution in [0.2, 0.25) is 0 Å². The lowest BCUT2D eigenvalue weighted by molar-refractivity contribution is -0.140. The molecular weight excluding hydrogens is 592 g/mol. The SMILES string of the molecule is Cc1cc(C(C)(C)Cc2c(C)cc(C(C)(C)Cc3c(F)cc(C(C)(C)C)c4nccn34)c3nc(C(F)(F)F)cn23)c2nccn2c1. The molecule has 6 aromatic heterocycles. The Morgan fingerprint density at radius 1 is 0.674 bits per heavy atom. The van der Waals surface area contributed by atoms with Gasteiger partial charge >= 0.3 is 6.18 Å². The monoisotopic (exact) mass is 632 g/mol. The molecule has 0 N–H and O–H groups in total. The fourth-order valence-electron chi connectivity index (χ4n) is 6.72. The predicted octanol–water partition coefficient (Wildman–Crippen LogP) is 8.74. The highest BCUT2D eigenvalue weighted by atomic mass is 19.4. The van der Waals surface area contributed by atoms with Crippen molar-refractivity contribution in [1.29, 1.82) is 0 Å². The Morgan fingerprint density at radius 2 is 1.28 bits per heavy atom. The summed E-state index contributed by atoms with van der Waals surface area (Å²) in [5.74, 6) is -0.377. The molecule has 0 saturated heterocycles. The minimum Gasteiger partial charge on any atom is -0.307 e. The average molecular weight is 633 g/mol. The Hall–Kier alpha value is -4.21. The summed E-state index contributed by atoms with van der Waals surface area (Å²) in [6.07, 6.45) is 6.15. The molecule has 0 bridgehead atoms. The lowest BCUT2D eigenvalue weighted by Crippen LogP contribution is -2.27. The molecule has 0 atom stereocenters. The van der Waals surface area contributed by atoms with Crippen LogP contribution in [0, 0.1) is 19.7 Å². The van der Waals surface area contributed by atoms with Crippen LogP contribution >= 0.6 is 0 Å². The zero-order chi connectivity index (χ0) is 33.6. The summed E-state index contributed by atoms with van der Waals surface area (Å²) in [7, 11) is 0. The number of fused-ring (bicyclic) bond motifs is 3. The van der Waals surface area contributed by atoms with E-state index < -0.39 is 22.7 Å². The van der Waals surface area contributed by atoms with E-state index in [0.717, 1.165) is 39.8 Å². The Balaban J connectivity index is 1.50. The molecule has 6 heterocycles. The number of nitrogens with zero attached hydrogens (tertiary/aromatic N) is 6. The molecule has 6 aromatic rings. The number of rotatable bonds is 6. The quantitative estimate of drug-likeness (QED) is 0.173. The summed E-state index contributed by atoms with van der Waals surface area (Å²) in [5.41, 5.74) is 4.56. The Morgan fingerprint density at radius 3 is 1.93 bits per heavy atom. The molecule has 10 heteroatoms. The van der Waals surface area contributed by atoms with Crippen molar-refractivity contribution in [2.45, 2.75) is 97.6 Å². The van der Waals surface area contributed by atoms with Gasteiger partial charge in [-0.05, 0) is 53.7 Å². The van der Waals surface area contributed by atoms with Crippen LogP contribution in [0.5, 0.6) is 0 Å². The van der Waals surface area contributed by atoms with Crippen LogP contribution < -0.4 is 0 Å². The van der Waals surface area contributed by atoms with Gasteiger partial charge in [-0.1, -0.05) is 60.6 Å². The van der Waals surface area contributed by atoms with E-state index in [1.54, 1.807) is 33.5 Å². The minimum atomic E-state index is -4.63. The number of aromatic nitrogens is 6. The Kier molecular flexibility index (Phi) is 7.18. The van der Waals surface area contributed by atoms with Gasteiger partial charge < -0.3 is 13.2 Å². The van der Waals surface area contributed by atoms with Crippen LogP contribution in [0.25, 0.3) is 16.9 Å². The maximum atomic E-state index is 15.9. The zero-order valence-electron chi connectivity index (χ0n) is 27.8. The third-order valence-electron chi connectivity index (χ3n) is 9.17. The van der Waals surface area contributed by atoms with Gasteiger partial charge in [-0.3, -0.25) is 0 Å². The maximum absolute atomic E-state index is 15.9. The van der Waals surface area contributed by atoms with E-state index in [2.05, 4.69) is 34.9 Å². The van der Waals surface area contributed by atoms with Crippen molar-refractivity contribution >= 4 is 16.9 Å². The highest BCUT2D eigenvalue weighted by Crippen LogP contribution is 2.39. The summed E-state index contributed by atoms with van der Waals surface area (Å²) in [5, 5.41) is 0. The van der Waals surface area contributed by atoms with Gasteiger partial charge in [-0.15, -0.1) is 0 Å². The van der Waals surface area contributed by atoms with Crippen LogP contribution in [-0.4, -0.2) is 28.2 Å². The third-order valence-corrected chi connectivity index (χ3v) is 9.17. The number of pyridine rings is 3. The number of aryl methyl sites for hydroxylation is 2. The first-order valence-electron chi connectivity index (χ1n) is 15.5. The smallest absolute Gasteiger partial charge is 0.307 e. The largest absolute Gasteiger partial charge is 0.434 e. The molecule has 0 spiro atoms. The highest BCUT2D eigenvalue weighted by Gasteiger charge is 2.37. The minimum absolute atomic E-state index is 0.214.